The number of carbonyl (C=O) groups is 1. The maximum absolute atomic E-state index is 12.2. The van der Waals surface area contributed by atoms with E-state index in [0.717, 1.165) is 32.5 Å². The van der Waals surface area contributed by atoms with E-state index >= 15 is 0 Å². The summed E-state index contributed by atoms with van der Waals surface area (Å²) in [5.41, 5.74) is 0. The molecule has 0 aromatic carbocycles. The van der Waals surface area contributed by atoms with Gasteiger partial charge in [0.25, 0.3) is 0 Å². The minimum atomic E-state index is 0.00690. The number of nitrogens with zero attached hydrogens (tertiary/aromatic N) is 2. The zero-order valence-electron chi connectivity index (χ0n) is 11.0. The number of rotatable bonds is 4. The molecule has 1 heterocycles. The minimum absolute atomic E-state index is 0.00690. The van der Waals surface area contributed by atoms with Crippen LogP contribution in [0.5, 0.6) is 0 Å². The Bertz CT molecular complexity index is 232. The van der Waals surface area contributed by atoms with Crippen LogP contribution in [0.25, 0.3) is 0 Å². The zero-order chi connectivity index (χ0) is 12.1. The number of hydrogen-bond acceptors (Lipinski definition) is 3. The average molecular weight is 227 g/mol. The highest BCUT2D eigenvalue weighted by Crippen LogP contribution is 2.16. The smallest absolute Gasteiger partial charge is 0.240 e. The number of carbonyl (C=O) groups excluding carboxylic acids is 1. The maximum Gasteiger partial charge on any atom is 0.240 e. The van der Waals surface area contributed by atoms with Crippen LogP contribution >= 0.6 is 0 Å². The number of likely N-dealkylation sites (N-methyl/N-ethyl adjacent to an activating group) is 2. The van der Waals surface area contributed by atoms with Gasteiger partial charge in [0, 0.05) is 26.2 Å². The largest absolute Gasteiger partial charge is 0.344 e. The summed E-state index contributed by atoms with van der Waals surface area (Å²) in [4.78, 5) is 16.4. The maximum atomic E-state index is 12.2. The van der Waals surface area contributed by atoms with Crippen molar-refractivity contribution in [3.8, 4) is 0 Å². The number of amides is 1. The van der Waals surface area contributed by atoms with Gasteiger partial charge in [-0.3, -0.25) is 9.69 Å². The molecule has 0 spiro atoms. The summed E-state index contributed by atoms with van der Waals surface area (Å²) < 4.78 is 0. The van der Waals surface area contributed by atoms with Gasteiger partial charge in [-0.1, -0.05) is 6.92 Å². The van der Waals surface area contributed by atoms with Crippen LogP contribution in [-0.2, 0) is 4.79 Å². The molecule has 2 atom stereocenters. The predicted octanol–water partition coefficient (Wildman–Crippen LogP) is 0.537. The predicted molar refractivity (Wildman–Crippen MR) is 66.4 cm³/mol. The molecular weight excluding hydrogens is 202 g/mol. The van der Waals surface area contributed by atoms with Gasteiger partial charge < -0.3 is 10.2 Å². The summed E-state index contributed by atoms with van der Waals surface area (Å²) in [5.74, 6) is 0.257. The van der Waals surface area contributed by atoms with Crippen molar-refractivity contribution in [3.05, 3.63) is 0 Å². The van der Waals surface area contributed by atoms with Crippen molar-refractivity contribution in [2.45, 2.75) is 38.8 Å². The normalized spacial score (nSPS) is 28.2. The summed E-state index contributed by atoms with van der Waals surface area (Å²) in [6.45, 7) is 7.02. The summed E-state index contributed by atoms with van der Waals surface area (Å²) in [7, 11) is 3.82. The monoisotopic (exact) mass is 227 g/mol. The molecule has 1 aliphatic heterocycles. The third-order valence-corrected chi connectivity index (χ3v) is 3.39. The molecule has 1 fully saturated rings. The van der Waals surface area contributed by atoms with E-state index in [0.29, 0.717) is 6.04 Å². The lowest BCUT2D eigenvalue weighted by Crippen LogP contribution is -2.52. The highest BCUT2D eigenvalue weighted by Gasteiger charge is 2.33. The summed E-state index contributed by atoms with van der Waals surface area (Å²) in [5, 5.41) is 3.14. The van der Waals surface area contributed by atoms with E-state index in [1.54, 1.807) is 0 Å². The van der Waals surface area contributed by atoms with E-state index < -0.39 is 0 Å². The lowest BCUT2D eigenvalue weighted by atomic mass is 10.1. The van der Waals surface area contributed by atoms with Crippen LogP contribution < -0.4 is 5.32 Å². The minimum Gasteiger partial charge on any atom is -0.344 e. The van der Waals surface area contributed by atoms with Crippen LogP contribution in [0.4, 0.5) is 0 Å². The topological polar surface area (TPSA) is 35.6 Å². The third-order valence-electron chi connectivity index (χ3n) is 3.39. The van der Waals surface area contributed by atoms with Gasteiger partial charge in [-0.25, -0.2) is 0 Å². The fourth-order valence-electron chi connectivity index (χ4n) is 2.39. The Morgan fingerprint density at radius 2 is 2.19 bits per heavy atom. The standard InChI is InChI=1S/C12H25N3O/c1-5-7-15-10(2)6-8-14(4)12(16)11(15)9-13-3/h10-11,13H,5-9H2,1-4H3. The molecule has 1 rings (SSSR count). The Labute approximate surface area is 99.0 Å². The van der Waals surface area contributed by atoms with Crippen molar-refractivity contribution in [3.63, 3.8) is 0 Å². The molecule has 94 valence electrons. The highest BCUT2D eigenvalue weighted by molar-refractivity contribution is 5.82. The van der Waals surface area contributed by atoms with Gasteiger partial charge in [-0.15, -0.1) is 0 Å². The first kappa shape index (κ1) is 13.5. The molecule has 0 aromatic rings. The van der Waals surface area contributed by atoms with Gasteiger partial charge in [-0.2, -0.15) is 0 Å². The van der Waals surface area contributed by atoms with Gasteiger partial charge >= 0.3 is 0 Å². The van der Waals surface area contributed by atoms with E-state index in [2.05, 4.69) is 24.1 Å². The van der Waals surface area contributed by atoms with Crippen LogP contribution in [0.15, 0.2) is 0 Å². The Balaban J connectivity index is 2.83. The molecule has 4 heteroatoms. The Morgan fingerprint density at radius 1 is 1.50 bits per heavy atom. The van der Waals surface area contributed by atoms with E-state index in [9.17, 15) is 4.79 Å². The molecule has 4 nitrogen and oxygen atoms in total. The van der Waals surface area contributed by atoms with Crippen molar-refractivity contribution < 1.29 is 4.79 Å². The summed E-state index contributed by atoms with van der Waals surface area (Å²) in [6.07, 6.45) is 2.17. The SMILES string of the molecule is CCCN1C(C)CCN(C)C(=O)C1CNC. The fourth-order valence-corrected chi connectivity index (χ4v) is 2.39. The second-order valence-corrected chi connectivity index (χ2v) is 4.71. The molecular formula is C12H25N3O. The second kappa shape index (κ2) is 6.21. The Kier molecular flexibility index (Phi) is 5.22. The quantitative estimate of drug-likeness (QED) is 0.761. The first-order chi connectivity index (χ1) is 7.61. The molecule has 1 saturated heterocycles. The van der Waals surface area contributed by atoms with Crippen molar-refractivity contribution in [1.29, 1.82) is 0 Å². The molecule has 1 aliphatic rings. The van der Waals surface area contributed by atoms with E-state index in [1.165, 1.54) is 0 Å². The first-order valence-corrected chi connectivity index (χ1v) is 6.27. The van der Waals surface area contributed by atoms with Crippen molar-refractivity contribution in [2.24, 2.45) is 0 Å². The number of hydrogen-bond donors (Lipinski definition) is 1. The van der Waals surface area contributed by atoms with Crippen LogP contribution in [-0.4, -0.2) is 61.5 Å². The van der Waals surface area contributed by atoms with Crippen molar-refractivity contribution in [1.82, 2.24) is 15.1 Å². The molecule has 0 aromatic heterocycles. The van der Waals surface area contributed by atoms with Gasteiger partial charge in [-0.05, 0) is 33.4 Å². The second-order valence-electron chi connectivity index (χ2n) is 4.71. The average Bonchev–Trinajstić information content (AvgIpc) is 2.36. The molecule has 1 amide bonds. The highest BCUT2D eigenvalue weighted by atomic mass is 16.2. The van der Waals surface area contributed by atoms with E-state index in [4.69, 9.17) is 0 Å². The molecule has 16 heavy (non-hydrogen) atoms. The summed E-state index contributed by atoms with van der Waals surface area (Å²) in [6, 6.07) is 0.500. The zero-order valence-corrected chi connectivity index (χ0v) is 11.0. The van der Waals surface area contributed by atoms with Crippen LogP contribution in [0, 0.1) is 0 Å². The van der Waals surface area contributed by atoms with Crippen molar-refractivity contribution >= 4 is 5.91 Å². The molecule has 1 N–H and O–H groups in total. The van der Waals surface area contributed by atoms with Gasteiger partial charge in [0.2, 0.25) is 5.91 Å². The van der Waals surface area contributed by atoms with Crippen LogP contribution in [0.1, 0.15) is 26.7 Å². The Hall–Kier alpha value is -0.610. The molecule has 0 aliphatic carbocycles. The van der Waals surface area contributed by atoms with Crippen LogP contribution in [0.3, 0.4) is 0 Å². The van der Waals surface area contributed by atoms with Gasteiger partial charge in [0.1, 0.15) is 6.04 Å². The lowest BCUT2D eigenvalue weighted by molar-refractivity contribution is -0.134. The molecule has 0 saturated carbocycles. The third kappa shape index (κ3) is 2.95. The summed E-state index contributed by atoms with van der Waals surface area (Å²) >= 11 is 0. The number of nitrogens with one attached hydrogen (secondary N) is 1. The van der Waals surface area contributed by atoms with Crippen molar-refractivity contribution in [2.75, 3.05) is 33.7 Å². The van der Waals surface area contributed by atoms with E-state index in [-0.39, 0.29) is 11.9 Å². The molecule has 0 radical (unpaired) electrons. The lowest BCUT2D eigenvalue weighted by Gasteiger charge is -2.33. The molecule has 0 bridgehead atoms. The fraction of sp³-hybridized carbons (Fsp3) is 0.917. The Morgan fingerprint density at radius 3 is 2.75 bits per heavy atom. The van der Waals surface area contributed by atoms with E-state index in [1.807, 2.05) is 19.0 Å². The van der Waals surface area contributed by atoms with Gasteiger partial charge in [0.15, 0.2) is 0 Å². The van der Waals surface area contributed by atoms with Gasteiger partial charge in [0.05, 0.1) is 0 Å². The molecule has 2 unspecified atom stereocenters. The van der Waals surface area contributed by atoms with Crippen LogP contribution in [0.2, 0.25) is 0 Å². The first-order valence-electron chi connectivity index (χ1n) is 6.27.